The summed E-state index contributed by atoms with van der Waals surface area (Å²) in [7, 11) is 1.66. The number of amides is 1. The summed E-state index contributed by atoms with van der Waals surface area (Å²) >= 11 is 0. The molecule has 0 radical (unpaired) electrons. The number of anilines is 1. The van der Waals surface area contributed by atoms with Crippen molar-refractivity contribution in [2.75, 3.05) is 18.6 Å². The summed E-state index contributed by atoms with van der Waals surface area (Å²) in [6.45, 7) is 0.802. The molecular formula is C19H19NO2. The fourth-order valence-electron chi connectivity index (χ4n) is 3.47. The Labute approximate surface area is 130 Å². The molecule has 112 valence electrons. The van der Waals surface area contributed by atoms with Gasteiger partial charge in [0, 0.05) is 12.2 Å². The van der Waals surface area contributed by atoms with Gasteiger partial charge in [-0.05, 0) is 48.6 Å². The van der Waals surface area contributed by atoms with Gasteiger partial charge in [0.1, 0.15) is 5.75 Å². The molecule has 1 fully saturated rings. The van der Waals surface area contributed by atoms with Gasteiger partial charge in [-0.3, -0.25) is 4.79 Å². The van der Waals surface area contributed by atoms with Crippen molar-refractivity contribution >= 4 is 11.6 Å². The van der Waals surface area contributed by atoms with E-state index in [2.05, 4.69) is 12.1 Å². The molecule has 1 saturated carbocycles. The summed E-state index contributed by atoms with van der Waals surface area (Å²) in [6.07, 6.45) is 2.84. The largest absolute Gasteiger partial charge is 0.497 e. The molecule has 22 heavy (non-hydrogen) atoms. The molecule has 2 aromatic rings. The van der Waals surface area contributed by atoms with Crippen LogP contribution in [0.1, 0.15) is 24.0 Å². The van der Waals surface area contributed by atoms with Crippen LogP contribution in [0.4, 0.5) is 5.69 Å². The van der Waals surface area contributed by atoms with Crippen molar-refractivity contribution in [3.63, 3.8) is 0 Å². The van der Waals surface area contributed by atoms with E-state index in [9.17, 15) is 4.79 Å². The quantitative estimate of drug-likeness (QED) is 0.869. The molecule has 1 heterocycles. The highest BCUT2D eigenvalue weighted by Gasteiger charge is 2.53. The topological polar surface area (TPSA) is 29.5 Å². The molecule has 0 saturated heterocycles. The molecule has 3 heteroatoms. The molecule has 3 nitrogen and oxygen atoms in total. The maximum absolute atomic E-state index is 13.1. The van der Waals surface area contributed by atoms with Gasteiger partial charge in [-0.1, -0.05) is 30.3 Å². The number of para-hydroxylation sites is 1. The summed E-state index contributed by atoms with van der Waals surface area (Å²) in [5, 5.41) is 0. The van der Waals surface area contributed by atoms with E-state index >= 15 is 0 Å². The van der Waals surface area contributed by atoms with Gasteiger partial charge >= 0.3 is 0 Å². The number of nitrogens with zero attached hydrogens (tertiary/aromatic N) is 1. The zero-order valence-electron chi connectivity index (χ0n) is 12.7. The third-order valence-corrected chi connectivity index (χ3v) is 4.93. The third-order valence-electron chi connectivity index (χ3n) is 4.93. The Morgan fingerprint density at radius 3 is 2.50 bits per heavy atom. The van der Waals surface area contributed by atoms with E-state index in [1.54, 1.807) is 7.11 Å². The summed E-state index contributed by atoms with van der Waals surface area (Å²) in [4.78, 5) is 15.1. The van der Waals surface area contributed by atoms with Crippen LogP contribution in [0.5, 0.6) is 5.75 Å². The van der Waals surface area contributed by atoms with Gasteiger partial charge in [-0.25, -0.2) is 0 Å². The molecule has 0 unspecified atom stereocenters. The Morgan fingerprint density at radius 1 is 1.09 bits per heavy atom. The van der Waals surface area contributed by atoms with E-state index in [0.29, 0.717) is 0 Å². The average molecular weight is 293 g/mol. The van der Waals surface area contributed by atoms with E-state index in [0.717, 1.165) is 42.8 Å². The Balaban J connectivity index is 1.65. The molecule has 1 aliphatic carbocycles. The lowest BCUT2D eigenvalue weighted by molar-refractivity contribution is -0.120. The van der Waals surface area contributed by atoms with Crippen LogP contribution < -0.4 is 9.64 Å². The maximum atomic E-state index is 13.1. The van der Waals surface area contributed by atoms with Crippen molar-refractivity contribution in [2.24, 2.45) is 0 Å². The van der Waals surface area contributed by atoms with Gasteiger partial charge in [0.15, 0.2) is 0 Å². The summed E-state index contributed by atoms with van der Waals surface area (Å²) < 4.78 is 5.21. The minimum Gasteiger partial charge on any atom is -0.497 e. The molecule has 2 aromatic carbocycles. The molecule has 0 atom stereocenters. The first kappa shape index (κ1) is 13.4. The number of carbonyl (C=O) groups excluding carboxylic acids is 1. The second-order valence-electron chi connectivity index (χ2n) is 6.15. The highest BCUT2D eigenvalue weighted by molar-refractivity contribution is 6.04. The first-order valence-electron chi connectivity index (χ1n) is 7.79. The fourth-order valence-corrected chi connectivity index (χ4v) is 3.47. The molecule has 0 bridgehead atoms. The lowest BCUT2D eigenvalue weighted by Crippen LogP contribution is -2.38. The van der Waals surface area contributed by atoms with Crippen molar-refractivity contribution in [3.8, 4) is 5.75 Å². The van der Waals surface area contributed by atoms with Gasteiger partial charge in [0.2, 0.25) is 5.91 Å². The number of rotatable bonds is 3. The van der Waals surface area contributed by atoms with Gasteiger partial charge in [0.25, 0.3) is 0 Å². The van der Waals surface area contributed by atoms with Gasteiger partial charge in [0.05, 0.1) is 12.5 Å². The van der Waals surface area contributed by atoms with Crippen LogP contribution in [0.25, 0.3) is 0 Å². The predicted molar refractivity (Wildman–Crippen MR) is 86.4 cm³/mol. The Bertz CT molecular complexity index is 716. The first-order valence-corrected chi connectivity index (χ1v) is 7.79. The molecule has 0 N–H and O–H groups in total. The summed E-state index contributed by atoms with van der Waals surface area (Å²) in [5.41, 5.74) is 3.17. The van der Waals surface area contributed by atoms with Gasteiger partial charge in [-0.15, -0.1) is 0 Å². The van der Waals surface area contributed by atoms with E-state index in [-0.39, 0.29) is 11.3 Å². The number of methoxy groups -OCH3 is 1. The fraction of sp³-hybridized carbons (Fsp3) is 0.316. The van der Waals surface area contributed by atoms with E-state index in [1.165, 1.54) is 5.56 Å². The lowest BCUT2D eigenvalue weighted by Gasteiger charge is -2.24. The minimum atomic E-state index is -0.316. The lowest BCUT2D eigenvalue weighted by atomic mass is 9.94. The maximum Gasteiger partial charge on any atom is 0.237 e. The minimum absolute atomic E-state index is 0.252. The summed E-state index contributed by atoms with van der Waals surface area (Å²) in [6, 6.07) is 16.2. The van der Waals surface area contributed by atoms with E-state index in [1.807, 2.05) is 41.3 Å². The second-order valence-corrected chi connectivity index (χ2v) is 6.15. The van der Waals surface area contributed by atoms with E-state index < -0.39 is 0 Å². The molecule has 0 aromatic heterocycles. The number of fused-ring (bicyclic) bond motifs is 1. The van der Waals surface area contributed by atoms with Crippen LogP contribution >= 0.6 is 0 Å². The average Bonchev–Trinajstić information content (AvgIpc) is 3.28. The van der Waals surface area contributed by atoms with Crippen molar-refractivity contribution < 1.29 is 9.53 Å². The Hall–Kier alpha value is -2.29. The predicted octanol–water partition coefficient (Wildman–Crippen LogP) is 3.32. The second kappa shape index (κ2) is 4.87. The van der Waals surface area contributed by atoms with Crippen molar-refractivity contribution in [3.05, 3.63) is 59.7 Å². The number of hydrogen-bond donors (Lipinski definition) is 0. The standard InChI is InChI=1S/C19H19NO2/c1-22-16-8-6-15(7-9-16)19(11-12-19)18(21)20-13-10-14-4-2-3-5-17(14)20/h2-9H,10-13H2,1H3. The molecule has 1 amide bonds. The third kappa shape index (κ3) is 1.92. The van der Waals surface area contributed by atoms with E-state index in [4.69, 9.17) is 4.74 Å². The number of benzene rings is 2. The highest BCUT2D eigenvalue weighted by atomic mass is 16.5. The zero-order chi connectivity index (χ0) is 15.2. The van der Waals surface area contributed by atoms with Crippen LogP contribution in [0, 0.1) is 0 Å². The van der Waals surface area contributed by atoms with Crippen molar-refractivity contribution in [1.29, 1.82) is 0 Å². The van der Waals surface area contributed by atoms with Crippen LogP contribution in [-0.4, -0.2) is 19.6 Å². The Morgan fingerprint density at radius 2 is 1.82 bits per heavy atom. The normalized spacial score (nSPS) is 18.0. The number of ether oxygens (including phenoxy) is 1. The zero-order valence-corrected chi connectivity index (χ0v) is 12.7. The number of hydrogen-bond acceptors (Lipinski definition) is 2. The SMILES string of the molecule is COc1ccc(C2(C(=O)N3CCc4ccccc43)CC2)cc1. The highest BCUT2D eigenvalue weighted by Crippen LogP contribution is 2.51. The molecule has 1 aliphatic heterocycles. The van der Waals surface area contributed by atoms with Gasteiger partial charge < -0.3 is 9.64 Å². The number of carbonyl (C=O) groups is 1. The van der Waals surface area contributed by atoms with Crippen LogP contribution in [0.3, 0.4) is 0 Å². The summed E-state index contributed by atoms with van der Waals surface area (Å²) in [5.74, 6) is 1.08. The Kier molecular flexibility index (Phi) is 2.96. The van der Waals surface area contributed by atoms with Crippen LogP contribution in [-0.2, 0) is 16.6 Å². The van der Waals surface area contributed by atoms with Gasteiger partial charge in [-0.2, -0.15) is 0 Å². The first-order chi connectivity index (χ1) is 10.7. The monoisotopic (exact) mass is 293 g/mol. The van der Waals surface area contributed by atoms with Crippen LogP contribution in [0.2, 0.25) is 0 Å². The van der Waals surface area contributed by atoms with Crippen molar-refractivity contribution in [1.82, 2.24) is 0 Å². The molecular weight excluding hydrogens is 274 g/mol. The molecule has 4 rings (SSSR count). The molecule has 2 aliphatic rings. The van der Waals surface area contributed by atoms with Crippen molar-refractivity contribution in [2.45, 2.75) is 24.7 Å². The molecule has 0 spiro atoms. The van der Waals surface area contributed by atoms with Crippen LogP contribution in [0.15, 0.2) is 48.5 Å². The smallest absolute Gasteiger partial charge is 0.237 e.